The van der Waals surface area contributed by atoms with E-state index in [1.807, 2.05) is 18.3 Å². The highest BCUT2D eigenvalue weighted by atomic mass is 16.2. The number of piperazine rings is 1. The summed E-state index contributed by atoms with van der Waals surface area (Å²) >= 11 is 0. The topological polar surface area (TPSA) is 56.4 Å². The summed E-state index contributed by atoms with van der Waals surface area (Å²) in [6.45, 7) is 2.55. The van der Waals surface area contributed by atoms with Crippen LogP contribution >= 0.6 is 0 Å². The molecular formula is C11H15N3O2. The SMILES string of the molecule is O=CN1CCN(C(=O)Cc2ccc[nH]2)CC1. The lowest BCUT2D eigenvalue weighted by Gasteiger charge is -2.32. The van der Waals surface area contributed by atoms with Crippen LogP contribution in [-0.2, 0) is 16.0 Å². The lowest BCUT2D eigenvalue weighted by atomic mass is 10.2. The molecule has 0 aromatic carbocycles. The fourth-order valence-corrected chi connectivity index (χ4v) is 1.83. The van der Waals surface area contributed by atoms with Gasteiger partial charge in [0.05, 0.1) is 6.42 Å². The Morgan fingerprint density at radius 3 is 2.69 bits per heavy atom. The molecule has 16 heavy (non-hydrogen) atoms. The summed E-state index contributed by atoms with van der Waals surface area (Å²) < 4.78 is 0. The van der Waals surface area contributed by atoms with Crippen molar-refractivity contribution in [2.75, 3.05) is 26.2 Å². The largest absolute Gasteiger partial charge is 0.365 e. The van der Waals surface area contributed by atoms with Gasteiger partial charge in [0.1, 0.15) is 0 Å². The molecule has 0 unspecified atom stereocenters. The molecule has 2 amide bonds. The van der Waals surface area contributed by atoms with Crippen molar-refractivity contribution in [1.82, 2.24) is 14.8 Å². The predicted molar refractivity (Wildman–Crippen MR) is 58.7 cm³/mol. The first-order chi connectivity index (χ1) is 7.79. The maximum Gasteiger partial charge on any atom is 0.228 e. The van der Waals surface area contributed by atoms with E-state index in [1.54, 1.807) is 9.80 Å². The molecule has 0 atom stereocenters. The third kappa shape index (κ3) is 2.42. The van der Waals surface area contributed by atoms with Gasteiger partial charge in [0, 0.05) is 38.1 Å². The van der Waals surface area contributed by atoms with E-state index < -0.39 is 0 Å². The zero-order valence-corrected chi connectivity index (χ0v) is 9.06. The molecule has 1 aliphatic rings. The molecule has 1 aliphatic heterocycles. The first-order valence-corrected chi connectivity index (χ1v) is 5.39. The van der Waals surface area contributed by atoms with Crippen molar-refractivity contribution >= 4 is 12.3 Å². The minimum absolute atomic E-state index is 0.119. The summed E-state index contributed by atoms with van der Waals surface area (Å²) in [6, 6.07) is 3.78. The lowest BCUT2D eigenvalue weighted by molar-refractivity contribution is -0.134. The number of amides is 2. The van der Waals surface area contributed by atoms with Crippen LogP contribution in [0.4, 0.5) is 0 Å². The Bertz CT molecular complexity index is 353. The van der Waals surface area contributed by atoms with E-state index >= 15 is 0 Å². The quantitative estimate of drug-likeness (QED) is 0.722. The summed E-state index contributed by atoms with van der Waals surface area (Å²) in [6.07, 6.45) is 3.06. The Morgan fingerprint density at radius 2 is 2.12 bits per heavy atom. The molecule has 0 aliphatic carbocycles. The lowest BCUT2D eigenvalue weighted by Crippen LogP contribution is -2.48. The van der Waals surface area contributed by atoms with Gasteiger partial charge in [-0.1, -0.05) is 0 Å². The zero-order valence-electron chi connectivity index (χ0n) is 9.06. The Kier molecular flexibility index (Phi) is 3.24. The third-order valence-corrected chi connectivity index (χ3v) is 2.82. The van der Waals surface area contributed by atoms with Crippen molar-refractivity contribution in [2.45, 2.75) is 6.42 Å². The number of aromatic amines is 1. The molecule has 1 N–H and O–H groups in total. The predicted octanol–water partition coefficient (Wildman–Crippen LogP) is -0.142. The second kappa shape index (κ2) is 4.83. The van der Waals surface area contributed by atoms with Crippen molar-refractivity contribution in [3.63, 3.8) is 0 Å². The van der Waals surface area contributed by atoms with Crippen LogP contribution in [0.3, 0.4) is 0 Å². The van der Waals surface area contributed by atoms with E-state index in [1.165, 1.54) is 0 Å². The van der Waals surface area contributed by atoms with Crippen LogP contribution in [0.25, 0.3) is 0 Å². The number of aromatic nitrogens is 1. The second-order valence-corrected chi connectivity index (χ2v) is 3.89. The van der Waals surface area contributed by atoms with Crippen LogP contribution in [0.5, 0.6) is 0 Å². The van der Waals surface area contributed by atoms with Crippen molar-refractivity contribution in [3.8, 4) is 0 Å². The molecule has 0 spiro atoms. The third-order valence-electron chi connectivity index (χ3n) is 2.82. The van der Waals surface area contributed by atoms with E-state index in [0.29, 0.717) is 32.6 Å². The molecule has 1 aromatic heterocycles. The van der Waals surface area contributed by atoms with E-state index in [0.717, 1.165) is 12.1 Å². The van der Waals surface area contributed by atoms with Crippen LogP contribution in [0, 0.1) is 0 Å². The maximum atomic E-state index is 11.9. The van der Waals surface area contributed by atoms with E-state index in [2.05, 4.69) is 4.98 Å². The average molecular weight is 221 g/mol. The fraction of sp³-hybridized carbons (Fsp3) is 0.455. The summed E-state index contributed by atoms with van der Waals surface area (Å²) in [5, 5.41) is 0. The normalized spacial score (nSPS) is 16.2. The Labute approximate surface area is 94.0 Å². The van der Waals surface area contributed by atoms with Crippen molar-refractivity contribution in [3.05, 3.63) is 24.0 Å². The van der Waals surface area contributed by atoms with Crippen molar-refractivity contribution in [2.24, 2.45) is 0 Å². The number of carbonyl (C=O) groups excluding carboxylic acids is 2. The monoisotopic (exact) mass is 221 g/mol. The number of H-pyrrole nitrogens is 1. The Hall–Kier alpha value is -1.78. The first kappa shape index (κ1) is 10.7. The standard InChI is InChI=1S/C11H15N3O2/c15-9-13-4-6-14(7-5-13)11(16)8-10-2-1-3-12-10/h1-3,9,12H,4-8H2. The van der Waals surface area contributed by atoms with Crippen molar-refractivity contribution < 1.29 is 9.59 Å². The zero-order chi connectivity index (χ0) is 11.4. The molecule has 1 fully saturated rings. The Morgan fingerprint density at radius 1 is 1.38 bits per heavy atom. The number of hydrogen-bond donors (Lipinski definition) is 1. The minimum Gasteiger partial charge on any atom is -0.365 e. The average Bonchev–Trinajstić information content (AvgIpc) is 2.82. The van der Waals surface area contributed by atoms with Crippen molar-refractivity contribution in [1.29, 1.82) is 0 Å². The van der Waals surface area contributed by atoms with Gasteiger partial charge >= 0.3 is 0 Å². The number of rotatable bonds is 3. The Balaban J connectivity index is 1.84. The van der Waals surface area contributed by atoms with Gasteiger partial charge in [-0.05, 0) is 12.1 Å². The molecule has 1 saturated heterocycles. The molecule has 0 saturated carbocycles. The summed E-state index contributed by atoms with van der Waals surface area (Å²) in [4.78, 5) is 28.9. The van der Waals surface area contributed by atoms with Gasteiger partial charge in [0.15, 0.2) is 0 Å². The second-order valence-electron chi connectivity index (χ2n) is 3.89. The van der Waals surface area contributed by atoms with Crippen LogP contribution in [0.2, 0.25) is 0 Å². The molecule has 2 rings (SSSR count). The number of nitrogens with one attached hydrogen (secondary N) is 1. The number of hydrogen-bond acceptors (Lipinski definition) is 2. The first-order valence-electron chi connectivity index (χ1n) is 5.39. The highest BCUT2D eigenvalue weighted by molar-refractivity contribution is 5.78. The molecule has 0 radical (unpaired) electrons. The summed E-state index contributed by atoms with van der Waals surface area (Å²) in [5.74, 6) is 0.119. The van der Waals surface area contributed by atoms with E-state index in [4.69, 9.17) is 0 Å². The molecule has 1 aromatic rings. The maximum absolute atomic E-state index is 11.9. The summed E-state index contributed by atoms with van der Waals surface area (Å²) in [5.41, 5.74) is 0.933. The molecule has 5 nitrogen and oxygen atoms in total. The van der Waals surface area contributed by atoms with Gasteiger partial charge in [-0.15, -0.1) is 0 Å². The van der Waals surface area contributed by atoms with Crippen LogP contribution < -0.4 is 0 Å². The van der Waals surface area contributed by atoms with Gasteiger partial charge in [0.2, 0.25) is 12.3 Å². The van der Waals surface area contributed by atoms with Crippen LogP contribution in [-0.4, -0.2) is 53.3 Å². The van der Waals surface area contributed by atoms with Gasteiger partial charge < -0.3 is 14.8 Å². The van der Waals surface area contributed by atoms with Gasteiger partial charge in [0.25, 0.3) is 0 Å². The molecular weight excluding hydrogens is 206 g/mol. The van der Waals surface area contributed by atoms with Gasteiger partial charge in [-0.2, -0.15) is 0 Å². The molecule has 0 bridgehead atoms. The molecule has 2 heterocycles. The number of nitrogens with zero attached hydrogens (tertiary/aromatic N) is 2. The smallest absolute Gasteiger partial charge is 0.228 e. The van der Waals surface area contributed by atoms with Crippen LogP contribution in [0.1, 0.15) is 5.69 Å². The van der Waals surface area contributed by atoms with E-state index in [9.17, 15) is 9.59 Å². The molecule has 5 heteroatoms. The van der Waals surface area contributed by atoms with Crippen LogP contribution in [0.15, 0.2) is 18.3 Å². The van der Waals surface area contributed by atoms with Gasteiger partial charge in [-0.3, -0.25) is 9.59 Å². The highest BCUT2D eigenvalue weighted by Crippen LogP contribution is 2.04. The molecule has 86 valence electrons. The minimum atomic E-state index is 0.119. The fourth-order valence-electron chi connectivity index (χ4n) is 1.83. The summed E-state index contributed by atoms with van der Waals surface area (Å²) in [7, 11) is 0. The highest BCUT2D eigenvalue weighted by Gasteiger charge is 2.20. The van der Waals surface area contributed by atoms with E-state index in [-0.39, 0.29) is 5.91 Å². The number of carbonyl (C=O) groups is 2. The van der Waals surface area contributed by atoms with Gasteiger partial charge in [-0.25, -0.2) is 0 Å².